The lowest BCUT2D eigenvalue weighted by atomic mass is 9.95. The van der Waals surface area contributed by atoms with Crippen LogP contribution in [0.3, 0.4) is 0 Å². The van der Waals surface area contributed by atoms with E-state index in [0.717, 1.165) is 32.0 Å². The van der Waals surface area contributed by atoms with Gasteiger partial charge in [-0.3, -0.25) is 9.80 Å². The minimum Gasteiger partial charge on any atom is -0.395 e. The summed E-state index contributed by atoms with van der Waals surface area (Å²) in [7, 11) is 0. The molecular weight excluding hydrogens is 292 g/mol. The van der Waals surface area contributed by atoms with E-state index >= 15 is 0 Å². The SMILES string of the molecule is C[C@H]1CN([C@@H](C)c2nnnn2C2CCCCC2)CCN1CCO. The van der Waals surface area contributed by atoms with Crippen molar-refractivity contribution in [1.29, 1.82) is 0 Å². The summed E-state index contributed by atoms with van der Waals surface area (Å²) in [6.07, 6.45) is 6.31. The monoisotopic (exact) mass is 322 g/mol. The van der Waals surface area contributed by atoms with Crippen LogP contribution >= 0.6 is 0 Å². The zero-order valence-electron chi connectivity index (χ0n) is 14.4. The molecule has 0 unspecified atom stereocenters. The van der Waals surface area contributed by atoms with Gasteiger partial charge in [0.25, 0.3) is 0 Å². The number of aromatic nitrogens is 4. The summed E-state index contributed by atoms with van der Waals surface area (Å²) in [6, 6.07) is 1.17. The second kappa shape index (κ2) is 7.68. The van der Waals surface area contributed by atoms with E-state index in [2.05, 4.69) is 43.9 Å². The fraction of sp³-hybridized carbons (Fsp3) is 0.938. The number of hydrogen-bond donors (Lipinski definition) is 1. The quantitative estimate of drug-likeness (QED) is 0.879. The third kappa shape index (κ3) is 3.72. The Kier molecular flexibility index (Phi) is 5.61. The number of tetrazole rings is 1. The van der Waals surface area contributed by atoms with Crippen LogP contribution in [0.5, 0.6) is 0 Å². The van der Waals surface area contributed by atoms with E-state index in [1.54, 1.807) is 0 Å². The van der Waals surface area contributed by atoms with Crippen molar-refractivity contribution in [3.05, 3.63) is 5.82 Å². The Balaban J connectivity index is 1.67. The number of hydrogen-bond acceptors (Lipinski definition) is 6. The Morgan fingerprint density at radius 2 is 2.00 bits per heavy atom. The van der Waals surface area contributed by atoms with E-state index in [4.69, 9.17) is 5.11 Å². The minimum absolute atomic E-state index is 0.236. The molecule has 7 nitrogen and oxygen atoms in total. The van der Waals surface area contributed by atoms with Crippen molar-refractivity contribution in [2.24, 2.45) is 0 Å². The maximum Gasteiger partial charge on any atom is 0.168 e. The van der Waals surface area contributed by atoms with Crippen molar-refractivity contribution < 1.29 is 5.11 Å². The second-order valence-corrected chi connectivity index (χ2v) is 7.05. The molecule has 2 aliphatic rings. The van der Waals surface area contributed by atoms with Crippen LogP contribution in [0.2, 0.25) is 0 Å². The van der Waals surface area contributed by atoms with Crippen LogP contribution in [0.15, 0.2) is 0 Å². The van der Waals surface area contributed by atoms with Gasteiger partial charge in [0, 0.05) is 32.2 Å². The molecule has 23 heavy (non-hydrogen) atoms. The molecule has 1 aromatic rings. The maximum absolute atomic E-state index is 9.16. The van der Waals surface area contributed by atoms with Gasteiger partial charge in [-0.25, -0.2) is 4.68 Å². The number of piperazine rings is 1. The highest BCUT2D eigenvalue weighted by Crippen LogP contribution is 2.30. The van der Waals surface area contributed by atoms with Crippen molar-refractivity contribution in [2.45, 2.75) is 64.1 Å². The van der Waals surface area contributed by atoms with Gasteiger partial charge in [0.1, 0.15) is 0 Å². The minimum atomic E-state index is 0.236. The van der Waals surface area contributed by atoms with Crippen molar-refractivity contribution in [1.82, 2.24) is 30.0 Å². The molecule has 2 fully saturated rings. The molecule has 3 rings (SSSR count). The van der Waals surface area contributed by atoms with Crippen molar-refractivity contribution in [2.75, 3.05) is 32.8 Å². The summed E-state index contributed by atoms with van der Waals surface area (Å²) in [5.74, 6) is 1.01. The highest BCUT2D eigenvalue weighted by molar-refractivity contribution is 4.96. The number of aliphatic hydroxyl groups is 1. The number of rotatable bonds is 5. The van der Waals surface area contributed by atoms with Gasteiger partial charge in [-0.2, -0.15) is 0 Å². The summed E-state index contributed by atoms with van der Waals surface area (Å²) in [6.45, 7) is 8.46. The summed E-state index contributed by atoms with van der Waals surface area (Å²) in [5, 5.41) is 21.8. The van der Waals surface area contributed by atoms with Gasteiger partial charge >= 0.3 is 0 Å². The van der Waals surface area contributed by atoms with E-state index < -0.39 is 0 Å². The Morgan fingerprint density at radius 1 is 1.22 bits per heavy atom. The Morgan fingerprint density at radius 3 is 2.70 bits per heavy atom. The molecule has 2 heterocycles. The Hall–Kier alpha value is -1.05. The van der Waals surface area contributed by atoms with Gasteiger partial charge in [-0.15, -0.1) is 5.10 Å². The highest BCUT2D eigenvalue weighted by atomic mass is 16.3. The van der Waals surface area contributed by atoms with Crippen LogP contribution in [0.25, 0.3) is 0 Å². The standard InChI is InChI=1S/C16H30N6O/c1-13-12-21(9-8-20(13)10-11-23)14(2)16-17-18-19-22(16)15-6-4-3-5-7-15/h13-15,23H,3-12H2,1-2H3/t13-,14-/m0/s1. The van der Waals surface area contributed by atoms with Gasteiger partial charge in [0.15, 0.2) is 5.82 Å². The van der Waals surface area contributed by atoms with Crippen molar-refractivity contribution in [3.8, 4) is 0 Å². The van der Waals surface area contributed by atoms with Crippen LogP contribution in [0.4, 0.5) is 0 Å². The molecule has 1 aliphatic carbocycles. The lowest BCUT2D eigenvalue weighted by molar-refractivity contribution is 0.0448. The molecular formula is C16H30N6O. The summed E-state index contributed by atoms with van der Waals surface area (Å²) in [4.78, 5) is 4.83. The number of aliphatic hydroxyl groups excluding tert-OH is 1. The van der Waals surface area contributed by atoms with E-state index in [0.29, 0.717) is 12.1 Å². The molecule has 1 saturated carbocycles. The van der Waals surface area contributed by atoms with Crippen LogP contribution in [0.1, 0.15) is 63.9 Å². The molecule has 7 heteroatoms. The number of β-amino-alcohol motifs (C(OH)–C–C–N with tert-alkyl or cyclic N) is 1. The van der Waals surface area contributed by atoms with Crippen molar-refractivity contribution in [3.63, 3.8) is 0 Å². The van der Waals surface area contributed by atoms with E-state index in [-0.39, 0.29) is 12.6 Å². The Bertz CT molecular complexity index is 487. The third-order valence-electron chi connectivity index (χ3n) is 5.54. The predicted octanol–water partition coefficient (Wildman–Crippen LogP) is 1.24. The molecule has 0 bridgehead atoms. The molecule has 130 valence electrons. The van der Waals surface area contributed by atoms with Gasteiger partial charge in [0.2, 0.25) is 0 Å². The van der Waals surface area contributed by atoms with Crippen LogP contribution in [-0.2, 0) is 0 Å². The first-order valence-corrected chi connectivity index (χ1v) is 9.07. The zero-order chi connectivity index (χ0) is 16.2. The van der Waals surface area contributed by atoms with E-state index in [9.17, 15) is 0 Å². The summed E-state index contributed by atoms with van der Waals surface area (Å²) < 4.78 is 2.09. The first kappa shape index (κ1) is 16.8. The van der Waals surface area contributed by atoms with Crippen LogP contribution < -0.4 is 0 Å². The van der Waals surface area contributed by atoms with E-state index in [1.165, 1.54) is 32.1 Å². The first-order chi connectivity index (χ1) is 11.2. The van der Waals surface area contributed by atoms with Gasteiger partial charge in [-0.1, -0.05) is 19.3 Å². The topological polar surface area (TPSA) is 70.3 Å². The molecule has 2 atom stereocenters. The average Bonchev–Trinajstić information content (AvgIpc) is 3.06. The Labute approximate surface area is 138 Å². The largest absolute Gasteiger partial charge is 0.395 e. The smallest absolute Gasteiger partial charge is 0.168 e. The average molecular weight is 322 g/mol. The molecule has 0 spiro atoms. The molecule has 1 saturated heterocycles. The van der Waals surface area contributed by atoms with Crippen LogP contribution in [-0.4, -0.2) is 73.9 Å². The fourth-order valence-corrected chi connectivity index (χ4v) is 4.06. The summed E-state index contributed by atoms with van der Waals surface area (Å²) in [5.41, 5.74) is 0. The lowest BCUT2D eigenvalue weighted by Gasteiger charge is -2.42. The molecule has 0 amide bonds. The zero-order valence-corrected chi connectivity index (χ0v) is 14.4. The molecule has 1 aliphatic heterocycles. The highest BCUT2D eigenvalue weighted by Gasteiger charge is 2.30. The molecule has 0 aromatic carbocycles. The van der Waals surface area contributed by atoms with Gasteiger partial charge in [-0.05, 0) is 37.1 Å². The number of nitrogens with zero attached hydrogens (tertiary/aromatic N) is 6. The second-order valence-electron chi connectivity index (χ2n) is 7.05. The molecule has 1 aromatic heterocycles. The normalized spacial score (nSPS) is 26.5. The fourth-order valence-electron chi connectivity index (χ4n) is 4.06. The maximum atomic E-state index is 9.16. The van der Waals surface area contributed by atoms with E-state index in [1.807, 2.05) is 0 Å². The first-order valence-electron chi connectivity index (χ1n) is 9.07. The third-order valence-corrected chi connectivity index (χ3v) is 5.54. The molecule has 0 radical (unpaired) electrons. The van der Waals surface area contributed by atoms with Crippen LogP contribution in [0, 0.1) is 0 Å². The summed E-state index contributed by atoms with van der Waals surface area (Å²) >= 11 is 0. The van der Waals surface area contributed by atoms with Gasteiger partial charge < -0.3 is 5.11 Å². The predicted molar refractivity (Wildman–Crippen MR) is 88.0 cm³/mol. The lowest BCUT2D eigenvalue weighted by Crippen LogP contribution is -2.53. The van der Waals surface area contributed by atoms with Crippen molar-refractivity contribution >= 4 is 0 Å². The van der Waals surface area contributed by atoms with Gasteiger partial charge in [0.05, 0.1) is 18.7 Å². The molecule has 1 N–H and O–H groups in total.